The Hall–Kier alpha value is -3.48. The van der Waals surface area contributed by atoms with Crippen molar-refractivity contribution in [1.29, 1.82) is 0 Å². The number of nitrogens with zero attached hydrogens (tertiary/aromatic N) is 3. The monoisotopic (exact) mass is 421 g/mol. The molecule has 0 bridgehead atoms. The lowest BCUT2D eigenvalue weighted by molar-refractivity contribution is 0.0739. The molecule has 7 heteroatoms. The summed E-state index contributed by atoms with van der Waals surface area (Å²) in [6.07, 6.45) is 0. The molecule has 0 atom stereocenters. The smallest absolute Gasteiger partial charge is 0.261 e. The number of benzene rings is 2. The molecule has 0 saturated carbocycles. The van der Waals surface area contributed by atoms with Gasteiger partial charge >= 0.3 is 0 Å². The van der Waals surface area contributed by atoms with Crippen LogP contribution in [0.3, 0.4) is 0 Å². The zero-order chi connectivity index (χ0) is 22.0. The van der Waals surface area contributed by atoms with Gasteiger partial charge in [0.2, 0.25) is 0 Å². The lowest BCUT2D eigenvalue weighted by Crippen LogP contribution is -2.49. The highest BCUT2D eigenvalue weighted by Gasteiger charge is 2.27. The molecule has 3 aromatic rings. The molecular weight excluding hydrogens is 394 g/mol. The highest BCUT2D eigenvalue weighted by molar-refractivity contribution is 6.00. The minimum absolute atomic E-state index is 0.0849. The molecule has 1 aliphatic heterocycles. The first-order chi connectivity index (χ1) is 15.1. The summed E-state index contributed by atoms with van der Waals surface area (Å²) < 4.78 is 16.3. The number of methoxy groups -OCH3 is 3. The first-order valence-electron chi connectivity index (χ1n) is 10.3. The summed E-state index contributed by atoms with van der Waals surface area (Å²) in [4.78, 5) is 22.1. The van der Waals surface area contributed by atoms with E-state index >= 15 is 0 Å². The number of carbonyl (C=O) groups is 1. The van der Waals surface area contributed by atoms with Crippen molar-refractivity contribution in [2.24, 2.45) is 0 Å². The average Bonchev–Trinajstić information content (AvgIpc) is 2.82. The highest BCUT2D eigenvalue weighted by Crippen LogP contribution is 2.31. The summed E-state index contributed by atoms with van der Waals surface area (Å²) in [5.74, 6) is 2.62. The van der Waals surface area contributed by atoms with Crippen LogP contribution in [0.1, 0.15) is 15.9 Å². The Morgan fingerprint density at radius 2 is 1.45 bits per heavy atom. The molecule has 1 amide bonds. The maximum atomic E-state index is 13.2. The number of ether oxygens (including phenoxy) is 3. The number of hydrogen-bond acceptors (Lipinski definition) is 6. The maximum Gasteiger partial charge on any atom is 0.261 e. The molecule has 1 saturated heterocycles. The van der Waals surface area contributed by atoms with Crippen molar-refractivity contribution < 1.29 is 19.0 Å². The number of fused-ring (bicyclic) bond motifs is 1. The van der Waals surface area contributed by atoms with Crippen molar-refractivity contribution in [3.8, 4) is 17.2 Å². The van der Waals surface area contributed by atoms with Crippen molar-refractivity contribution in [3.63, 3.8) is 0 Å². The van der Waals surface area contributed by atoms with E-state index in [-0.39, 0.29) is 5.91 Å². The summed E-state index contributed by atoms with van der Waals surface area (Å²) in [5.41, 5.74) is 2.47. The number of hydrogen-bond donors (Lipinski definition) is 0. The number of rotatable bonds is 5. The topological polar surface area (TPSA) is 64.1 Å². The van der Waals surface area contributed by atoms with Crippen LogP contribution < -0.4 is 19.1 Å². The van der Waals surface area contributed by atoms with Gasteiger partial charge in [0.05, 0.1) is 21.3 Å². The van der Waals surface area contributed by atoms with Gasteiger partial charge in [-0.05, 0) is 36.8 Å². The molecule has 1 aliphatic rings. The Bertz CT molecular complexity index is 1090. The molecule has 0 spiro atoms. The van der Waals surface area contributed by atoms with E-state index in [0.717, 1.165) is 28.0 Å². The van der Waals surface area contributed by atoms with Gasteiger partial charge in [0.15, 0.2) is 0 Å². The molecule has 0 aliphatic carbocycles. The minimum Gasteiger partial charge on any atom is -0.496 e. The lowest BCUT2D eigenvalue weighted by atomic mass is 10.1. The molecule has 31 heavy (non-hydrogen) atoms. The average molecular weight is 421 g/mol. The molecule has 0 radical (unpaired) electrons. The SMILES string of the molecule is COc1cccc(OC)c1C(=O)N1CCN(c2cc(C)c3cccc(OC)c3n2)CC1. The fraction of sp³-hybridized carbons (Fsp3) is 0.333. The van der Waals surface area contributed by atoms with Gasteiger partial charge in [0.1, 0.15) is 34.1 Å². The van der Waals surface area contributed by atoms with Crippen molar-refractivity contribution in [1.82, 2.24) is 9.88 Å². The molecule has 1 fully saturated rings. The van der Waals surface area contributed by atoms with Crippen LogP contribution in [0.25, 0.3) is 10.9 Å². The van der Waals surface area contributed by atoms with Crippen LogP contribution in [0.15, 0.2) is 42.5 Å². The number of aryl methyl sites for hydroxylation is 1. The minimum atomic E-state index is -0.0849. The lowest BCUT2D eigenvalue weighted by Gasteiger charge is -2.36. The quantitative estimate of drug-likeness (QED) is 0.628. The summed E-state index contributed by atoms with van der Waals surface area (Å²) in [6, 6.07) is 13.4. The van der Waals surface area contributed by atoms with Crippen LogP contribution in [0.2, 0.25) is 0 Å². The molecule has 0 unspecified atom stereocenters. The Labute approximate surface area is 182 Å². The van der Waals surface area contributed by atoms with Crippen molar-refractivity contribution in [2.45, 2.75) is 6.92 Å². The predicted octanol–water partition coefficient (Wildman–Crippen LogP) is 3.53. The number of carbonyl (C=O) groups excluding carboxylic acids is 1. The number of amides is 1. The molecule has 2 heterocycles. The van der Waals surface area contributed by atoms with Crippen LogP contribution in [-0.4, -0.2) is 63.3 Å². The van der Waals surface area contributed by atoms with Gasteiger partial charge in [-0.2, -0.15) is 0 Å². The third kappa shape index (κ3) is 3.83. The van der Waals surface area contributed by atoms with Crippen LogP contribution in [0, 0.1) is 6.92 Å². The highest BCUT2D eigenvalue weighted by atomic mass is 16.5. The second-order valence-electron chi connectivity index (χ2n) is 7.47. The number of pyridine rings is 1. The van der Waals surface area contributed by atoms with E-state index in [1.54, 1.807) is 33.5 Å². The van der Waals surface area contributed by atoms with E-state index < -0.39 is 0 Å². The Morgan fingerprint density at radius 3 is 2.06 bits per heavy atom. The normalized spacial score (nSPS) is 13.9. The van der Waals surface area contributed by atoms with E-state index in [2.05, 4.69) is 24.0 Å². The summed E-state index contributed by atoms with van der Waals surface area (Å²) in [5, 5.41) is 1.08. The van der Waals surface area contributed by atoms with E-state index in [0.29, 0.717) is 43.2 Å². The molecule has 162 valence electrons. The van der Waals surface area contributed by atoms with Crippen LogP contribution in [0.4, 0.5) is 5.82 Å². The fourth-order valence-corrected chi connectivity index (χ4v) is 4.06. The number of aromatic nitrogens is 1. The molecule has 0 N–H and O–H groups in total. The van der Waals surface area contributed by atoms with Gasteiger partial charge in [-0.1, -0.05) is 18.2 Å². The largest absolute Gasteiger partial charge is 0.496 e. The van der Waals surface area contributed by atoms with Crippen LogP contribution >= 0.6 is 0 Å². The molecule has 4 rings (SSSR count). The second kappa shape index (κ2) is 8.71. The summed E-state index contributed by atoms with van der Waals surface area (Å²) >= 11 is 0. The zero-order valence-electron chi connectivity index (χ0n) is 18.3. The van der Waals surface area contributed by atoms with Crippen LogP contribution in [-0.2, 0) is 0 Å². The van der Waals surface area contributed by atoms with Gasteiger partial charge < -0.3 is 24.0 Å². The van der Waals surface area contributed by atoms with Gasteiger partial charge in [0.25, 0.3) is 5.91 Å². The Balaban J connectivity index is 1.55. The number of anilines is 1. The standard InChI is InChI=1S/C24H27N3O4/c1-16-15-21(25-23-17(16)7-5-10-20(23)31-4)26-11-13-27(14-12-26)24(28)22-18(29-2)8-6-9-19(22)30-3/h5-10,15H,11-14H2,1-4H3. The first-order valence-corrected chi connectivity index (χ1v) is 10.3. The second-order valence-corrected chi connectivity index (χ2v) is 7.47. The predicted molar refractivity (Wildman–Crippen MR) is 121 cm³/mol. The van der Waals surface area contributed by atoms with E-state index in [1.165, 1.54) is 0 Å². The van der Waals surface area contributed by atoms with Gasteiger partial charge in [-0.15, -0.1) is 0 Å². The van der Waals surface area contributed by atoms with Gasteiger partial charge in [-0.25, -0.2) is 4.98 Å². The van der Waals surface area contributed by atoms with Crippen LogP contribution in [0.5, 0.6) is 17.2 Å². The van der Waals surface area contributed by atoms with E-state index in [9.17, 15) is 4.79 Å². The fourth-order valence-electron chi connectivity index (χ4n) is 4.06. The third-order valence-electron chi connectivity index (χ3n) is 5.75. The van der Waals surface area contributed by atoms with Crippen molar-refractivity contribution >= 4 is 22.6 Å². The van der Waals surface area contributed by atoms with Gasteiger partial charge in [-0.3, -0.25) is 4.79 Å². The summed E-state index contributed by atoms with van der Waals surface area (Å²) in [6.45, 7) is 4.64. The zero-order valence-corrected chi connectivity index (χ0v) is 18.3. The molecule has 7 nitrogen and oxygen atoms in total. The van der Waals surface area contributed by atoms with Crippen molar-refractivity contribution in [3.05, 3.63) is 53.6 Å². The third-order valence-corrected chi connectivity index (χ3v) is 5.75. The number of piperazine rings is 1. The summed E-state index contributed by atoms with van der Waals surface area (Å²) in [7, 11) is 4.78. The van der Waals surface area contributed by atoms with Crippen molar-refractivity contribution in [2.75, 3.05) is 52.4 Å². The number of para-hydroxylation sites is 1. The van der Waals surface area contributed by atoms with E-state index in [1.807, 2.05) is 23.1 Å². The first kappa shape index (κ1) is 20.8. The Morgan fingerprint density at radius 1 is 0.871 bits per heavy atom. The van der Waals surface area contributed by atoms with Gasteiger partial charge in [0, 0.05) is 31.6 Å². The molecule has 2 aromatic carbocycles. The van der Waals surface area contributed by atoms with E-state index in [4.69, 9.17) is 19.2 Å². The molecule has 1 aromatic heterocycles. The molecular formula is C24H27N3O4. The Kier molecular flexibility index (Phi) is 5.84. The maximum absolute atomic E-state index is 13.2.